The number of para-hydroxylation sites is 1. The monoisotopic (exact) mass is 303 g/mol. The third-order valence-corrected chi connectivity index (χ3v) is 3.42. The van der Waals surface area contributed by atoms with Crippen LogP contribution in [0.1, 0.15) is 5.69 Å². The fraction of sp³-hybridized carbons (Fsp3) is 0.0833. The smallest absolute Gasteiger partial charge is 0.171 e. The summed E-state index contributed by atoms with van der Waals surface area (Å²) in [4.78, 5) is 4.25. The Morgan fingerprint density at radius 3 is 2.94 bits per heavy atom. The summed E-state index contributed by atoms with van der Waals surface area (Å²) in [5.41, 5.74) is 9.19. The number of hydrogen-bond acceptors (Lipinski definition) is 4. The van der Waals surface area contributed by atoms with Crippen molar-refractivity contribution >= 4 is 27.3 Å². The van der Waals surface area contributed by atoms with Crippen LogP contribution in [-0.4, -0.2) is 19.6 Å². The number of nitrogens with two attached hydrogens (primary N) is 1. The Hall–Kier alpha value is -1.95. The van der Waals surface area contributed by atoms with Crippen LogP contribution < -0.4 is 5.73 Å². The Bertz CT molecular complexity index is 734. The summed E-state index contributed by atoms with van der Waals surface area (Å²) in [7, 11) is 0. The molecule has 0 saturated heterocycles. The van der Waals surface area contributed by atoms with Crippen LogP contribution >= 0.6 is 15.9 Å². The second kappa shape index (κ2) is 4.06. The van der Waals surface area contributed by atoms with E-state index in [0.29, 0.717) is 11.5 Å². The van der Waals surface area contributed by atoms with E-state index in [-0.39, 0.29) is 0 Å². The summed E-state index contributed by atoms with van der Waals surface area (Å²) in [6, 6.07) is 7.60. The Morgan fingerprint density at radius 2 is 2.11 bits per heavy atom. The molecule has 2 heterocycles. The number of aryl methyl sites for hydroxylation is 1. The Balaban J connectivity index is 2.29. The van der Waals surface area contributed by atoms with Crippen molar-refractivity contribution in [1.29, 1.82) is 0 Å². The van der Waals surface area contributed by atoms with Gasteiger partial charge in [0.2, 0.25) is 0 Å². The lowest BCUT2D eigenvalue weighted by Crippen LogP contribution is -1.96. The van der Waals surface area contributed by atoms with Crippen molar-refractivity contribution in [2.24, 2.45) is 0 Å². The molecule has 0 spiro atoms. The second-order valence-electron chi connectivity index (χ2n) is 3.98. The van der Waals surface area contributed by atoms with Gasteiger partial charge >= 0.3 is 0 Å². The van der Waals surface area contributed by atoms with Gasteiger partial charge < -0.3 is 5.73 Å². The molecule has 2 aromatic heterocycles. The molecule has 0 fully saturated rings. The van der Waals surface area contributed by atoms with Gasteiger partial charge in [-0.05, 0) is 35.0 Å². The fourth-order valence-electron chi connectivity index (χ4n) is 1.80. The standard InChI is InChI=1S/C12H10BrN5/c1-7-5-10-16-17-12(18(10)6-15-7)8-3-2-4-9(13)11(8)14/h2-6H,14H2,1H3. The van der Waals surface area contributed by atoms with Crippen LogP contribution in [0.2, 0.25) is 0 Å². The molecule has 2 N–H and O–H groups in total. The van der Waals surface area contributed by atoms with Crippen molar-refractivity contribution in [2.45, 2.75) is 6.92 Å². The first kappa shape index (κ1) is 11.2. The molecule has 90 valence electrons. The predicted octanol–water partition coefficient (Wildman–Crippen LogP) is 2.44. The van der Waals surface area contributed by atoms with Crippen LogP contribution in [0.3, 0.4) is 0 Å². The van der Waals surface area contributed by atoms with Crippen molar-refractivity contribution in [3.8, 4) is 11.4 Å². The number of benzene rings is 1. The molecule has 0 radical (unpaired) electrons. The first-order valence-corrected chi connectivity index (χ1v) is 6.18. The summed E-state index contributed by atoms with van der Waals surface area (Å²) in [6.07, 6.45) is 1.71. The summed E-state index contributed by atoms with van der Waals surface area (Å²) >= 11 is 3.41. The van der Waals surface area contributed by atoms with E-state index < -0.39 is 0 Å². The average molecular weight is 304 g/mol. The molecule has 0 aliphatic heterocycles. The van der Waals surface area contributed by atoms with Crippen LogP contribution in [0.4, 0.5) is 5.69 Å². The number of nitrogens with zero attached hydrogens (tertiary/aromatic N) is 4. The number of hydrogen-bond donors (Lipinski definition) is 1. The molecule has 0 aliphatic rings. The molecule has 0 saturated carbocycles. The molecule has 18 heavy (non-hydrogen) atoms. The van der Waals surface area contributed by atoms with Crippen molar-refractivity contribution in [3.63, 3.8) is 0 Å². The molecule has 0 amide bonds. The quantitative estimate of drug-likeness (QED) is 0.701. The highest BCUT2D eigenvalue weighted by molar-refractivity contribution is 9.10. The molecule has 0 atom stereocenters. The van der Waals surface area contributed by atoms with Gasteiger partial charge in [0.25, 0.3) is 0 Å². The molecule has 3 rings (SSSR count). The Kier molecular flexibility index (Phi) is 2.52. The van der Waals surface area contributed by atoms with Gasteiger partial charge in [-0.25, -0.2) is 4.98 Å². The molecule has 0 bridgehead atoms. The first-order valence-electron chi connectivity index (χ1n) is 5.38. The molecular weight excluding hydrogens is 294 g/mol. The van der Waals surface area contributed by atoms with Crippen LogP contribution in [0.25, 0.3) is 17.0 Å². The summed E-state index contributed by atoms with van der Waals surface area (Å²) in [5, 5.41) is 8.31. The van der Waals surface area contributed by atoms with E-state index in [0.717, 1.165) is 21.4 Å². The summed E-state index contributed by atoms with van der Waals surface area (Å²) in [5.74, 6) is 0.691. The highest BCUT2D eigenvalue weighted by Gasteiger charge is 2.12. The zero-order valence-electron chi connectivity index (χ0n) is 9.63. The highest BCUT2D eigenvalue weighted by atomic mass is 79.9. The zero-order valence-corrected chi connectivity index (χ0v) is 11.2. The van der Waals surface area contributed by atoms with Crippen LogP contribution in [0.5, 0.6) is 0 Å². The van der Waals surface area contributed by atoms with E-state index in [2.05, 4.69) is 31.1 Å². The third kappa shape index (κ3) is 1.65. The lowest BCUT2D eigenvalue weighted by atomic mass is 10.2. The van der Waals surface area contributed by atoms with Gasteiger partial charge in [-0.15, -0.1) is 10.2 Å². The average Bonchev–Trinajstić information content (AvgIpc) is 2.75. The SMILES string of the molecule is Cc1cc2nnc(-c3cccc(Br)c3N)n2cn1. The number of halogens is 1. The second-order valence-corrected chi connectivity index (χ2v) is 4.84. The van der Waals surface area contributed by atoms with E-state index in [1.54, 1.807) is 6.33 Å². The third-order valence-electron chi connectivity index (χ3n) is 2.73. The molecule has 0 aliphatic carbocycles. The normalized spacial score (nSPS) is 11.0. The minimum Gasteiger partial charge on any atom is -0.397 e. The van der Waals surface area contributed by atoms with Crippen molar-refractivity contribution < 1.29 is 0 Å². The first-order chi connectivity index (χ1) is 8.66. The topological polar surface area (TPSA) is 69.1 Å². The van der Waals surface area contributed by atoms with E-state index in [1.165, 1.54) is 0 Å². The van der Waals surface area contributed by atoms with Crippen molar-refractivity contribution in [2.75, 3.05) is 5.73 Å². The number of rotatable bonds is 1. The van der Waals surface area contributed by atoms with Crippen molar-refractivity contribution in [3.05, 3.63) is 40.8 Å². The molecular formula is C12H10BrN5. The zero-order chi connectivity index (χ0) is 12.7. The molecule has 3 aromatic rings. The van der Waals surface area contributed by atoms with Crippen LogP contribution in [-0.2, 0) is 0 Å². The van der Waals surface area contributed by atoms with Gasteiger partial charge in [0.15, 0.2) is 11.5 Å². The van der Waals surface area contributed by atoms with E-state index in [4.69, 9.17) is 5.73 Å². The number of fused-ring (bicyclic) bond motifs is 1. The molecule has 6 heteroatoms. The largest absolute Gasteiger partial charge is 0.397 e. The number of nitrogen functional groups attached to an aromatic ring is 1. The molecule has 0 unspecified atom stereocenters. The summed E-state index contributed by atoms with van der Waals surface area (Å²) in [6.45, 7) is 1.92. The lowest BCUT2D eigenvalue weighted by molar-refractivity contribution is 1.05. The predicted molar refractivity (Wildman–Crippen MR) is 73.1 cm³/mol. The van der Waals surface area contributed by atoms with E-state index in [1.807, 2.05) is 35.6 Å². The number of aromatic nitrogens is 4. The maximum absolute atomic E-state index is 6.05. The summed E-state index contributed by atoms with van der Waals surface area (Å²) < 4.78 is 2.67. The lowest BCUT2D eigenvalue weighted by Gasteiger charge is -2.05. The minimum atomic E-state index is 0.646. The fourth-order valence-corrected chi connectivity index (χ4v) is 2.17. The minimum absolute atomic E-state index is 0.646. The van der Waals surface area contributed by atoms with Crippen LogP contribution in [0, 0.1) is 6.92 Å². The van der Waals surface area contributed by atoms with Gasteiger partial charge in [0.1, 0.15) is 6.33 Å². The maximum Gasteiger partial charge on any atom is 0.171 e. The van der Waals surface area contributed by atoms with Crippen molar-refractivity contribution in [1.82, 2.24) is 19.6 Å². The highest BCUT2D eigenvalue weighted by Crippen LogP contribution is 2.30. The Labute approximate surface area is 112 Å². The van der Waals surface area contributed by atoms with Gasteiger partial charge in [0.05, 0.1) is 5.69 Å². The number of anilines is 1. The van der Waals surface area contributed by atoms with E-state index >= 15 is 0 Å². The van der Waals surface area contributed by atoms with E-state index in [9.17, 15) is 0 Å². The Morgan fingerprint density at radius 1 is 1.28 bits per heavy atom. The molecule has 1 aromatic carbocycles. The van der Waals surface area contributed by atoms with Gasteiger partial charge in [-0.1, -0.05) is 6.07 Å². The molecule has 5 nitrogen and oxygen atoms in total. The van der Waals surface area contributed by atoms with Gasteiger partial charge in [-0.2, -0.15) is 0 Å². The maximum atomic E-state index is 6.05. The van der Waals surface area contributed by atoms with Gasteiger partial charge in [0, 0.05) is 21.8 Å². The van der Waals surface area contributed by atoms with Crippen LogP contribution in [0.15, 0.2) is 35.1 Å². The van der Waals surface area contributed by atoms with Gasteiger partial charge in [-0.3, -0.25) is 4.40 Å².